The summed E-state index contributed by atoms with van der Waals surface area (Å²) in [7, 11) is 0. The van der Waals surface area contributed by atoms with Crippen molar-refractivity contribution in [3.63, 3.8) is 0 Å². The van der Waals surface area contributed by atoms with Crippen LogP contribution >= 0.6 is 0 Å². The van der Waals surface area contributed by atoms with E-state index >= 15 is 0 Å². The van der Waals surface area contributed by atoms with Crippen LogP contribution in [0.3, 0.4) is 0 Å². The van der Waals surface area contributed by atoms with Crippen molar-refractivity contribution in [1.82, 2.24) is 4.98 Å². The molecule has 0 spiro atoms. The van der Waals surface area contributed by atoms with Crippen LogP contribution in [0.5, 0.6) is 0 Å². The van der Waals surface area contributed by atoms with Crippen molar-refractivity contribution in [2.24, 2.45) is 0 Å². The minimum atomic E-state index is 0.633. The first-order chi connectivity index (χ1) is 7.31. The fourth-order valence-electron chi connectivity index (χ4n) is 1.36. The Bertz CT molecular complexity index is 509. The molecule has 2 rings (SSSR count). The molecule has 72 valence electrons. The van der Waals surface area contributed by atoms with Crippen molar-refractivity contribution in [2.45, 2.75) is 0 Å². The molecule has 2 aromatic rings. The molecule has 1 heterocycles. The fraction of sp³-hybridized carbons (Fsp3) is 0. The molecule has 0 bridgehead atoms. The van der Waals surface area contributed by atoms with Crippen molar-refractivity contribution < 1.29 is 0 Å². The molecule has 0 amide bonds. The Morgan fingerprint density at radius 2 is 1.87 bits per heavy atom. The Hall–Kier alpha value is -2.34. The summed E-state index contributed by atoms with van der Waals surface area (Å²) in [5, 5.41) is 8.66. The first-order valence-corrected chi connectivity index (χ1v) is 4.52. The summed E-state index contributed by atoms with van der Waals surface area (Å²) < 4.78 is 0. The Morgan fingerprint density at radius 1 is 1.13 bits per heavy atom. The molecule has 0 radical (unpaired) electrons. The van der Waals surface area contributed by atoms with Crippen LogP contribution < -0.4 is 5.73 Å². The van der Waals surface area contributed by atoms with Gasteiger partial charge in [0.05, 0.1) is 23.0 Å². The zero-order chi connectivity index (χ0) is 10.7. The molecule has 2 N–H and O–H groups in total. The van der Waals surface area contributed by atoms with Crippen LogP contribution in [-0.4, -0.2) is 4.98 Å². The van der Waals surface area contributed by atoms with Gasteiger partial charge in [-0.25, -0.2) is 0 Å². The molecule has 0 saturated carbocycles. The lowest BCUT2D eigenvalue weighted by Crippen LogP contribution is -1.92. The first-order valence-electron chi connectivity index (χ1n) is 4.52. The Balaban J connectivity index is 2.47. The highest BCUT2D eigenvalue weighted by Gasteiger charge is 2.02. The maximum atomic E-state index is 8.66. The molecule has 1 aromatic carbocycles. The lowest BCUT2D eigenvalue weighted by molar-refractivity contribution is 1.33. The minimum absolute atomic E-state index is 0.633. The molecule has 0 saturated heterocycles. The van der Waals surface area contributed by atoms with E-state index in [0.29, 0.717) is 11.3 Å². The molecular formula is C12H9N3. The number of aromatic nitrogens is 1. The lowest BCUT2D eigenvalue weighted by Gasteiger charge is -2.03. The molecule has 0 aliphatic carbocycles. The Morgan fingerprint density at radius 3 is 2.47 bits per heavy atom. The topological polar surface area (TPSA) is 62.7 Å². The highest BCUT2D eigenvalue weighted by molar-refractivity contribution is 5.72. The van der Waals surface area contributed by atoms with Gasteiger partial charge in [-0.1, -0.05) is 12.1 Å². The Labute approximate surface area is 87.8 Å². The number of hydrogen-bond acceptors (Lipinski definition) is 3. The van der Waals surface area contributed by atoms with E-state index < -0.39 is 0 Å². The highest BCUT2D eigenvalue weighted by Crippen LogP contribution is 2.22. The largest absolute Gasteiger partial charge is 0.397 e. The van der Waals surface area contributed by atoms with Crippen molar-refractivity contribution in [3.8, 4) is 17.3 Å². The van der Waals surface area contributed by atoms with Crippen molar-refractivity contribution >= 4 is 5.69 Å². The predicted octanol–water partition coefficient (Wildman–Crippen LogP) is 2.20. The van der Waals surface area contributed by atoms with Crippen LogP contribution in [-0.2, 0) is 0 Å². The number of nitrogens with two attached hydrogens (primary N) is 1. The fourth-order valence-corrected chi connectivity index (χ4v) is 1.36. The summed E-state index contributed by atoms with van der Waals surface area (Å²) in [6.45, 7) is 0. The summed E-state index contributed by atoms with van der Waals surface area (Å²) in [6, 6.07) is 12.9. The second kappa shape index (κ2) is 3.81. The van der Waals surface area contributed by atoms with Crippen LogP contribution in [0.2, 0.25) is 0 Å². The van der Waals surface area contributed by atoms with Gasteiger partial charge in [-0.05, 0) is 24.3 Å². The number of nitriles is 1. The number of rotatable bonds is 1. The SMILES string of the molecule is N#Cc1ccc(-c2ncccc2N)cc1. The molecule has 0 unspecified atom stereocenters. The van der Waals surface area contributed by atoms with Crippen LogP contribution in [0, 0.1) is 11.3 Å². The third kappa shape index (κ3) is 1.79. The number of nitrogen functional groups attached to an aromatic ring is 1. The van der Waals surface area contributed by atoms with E-state index in [4.69, 9.17) is 11.0 Å². The summed E-state index contributed by atoms with van der Waals surface area (Å²) in [6.07, 6.45) is 1.70. The third-order valence-electron chi connectivity index (χ3n) is 2.13. The highest BCUT2D eigenvalue weighted by atomic mass is 14.7. The summed E-state index contributed by atoms with van der Waals surface area (Å²) in [4.78, 5) is 4.20. The molecule has 0 atom stereocenters. The molecule has 3 heteroatoms. The van der Waals surface area contributed by atoms with Crippen LogP contribution in [0.15, 0.2) is 42.6 Å². The maximum Gasteiger partial charge on any atom is 0.0991 e. The lowest BCUT2D eigenvalue weighted by atomic mass is 10.1. The molecular weight excluding hydrogens is 186 g/mol. The van der Waals surface area contributed by atoms with Crippen molar-refractivity contribution in [1.29, 1.82) is 5.26 Å². The van der Waals surface area contributed by atoms with Gasteiger partial charge < -0.3 is 5.73 Å². The number of benzene rings is 1. The second-order valence-corrected chi connectivity index (χ2v) is 3.13. The van der Waals surface area contributed by atoms with Gasteiger partial charge >= 0.3 is 0 Å². The molecule has 0 fully saturated rings. The van der Waals surface area contributed by atoms with Gasteiger partial charge in [-0.2, -0.15) is 5.26 Å². The average Bonchev–Trinajstić information content (AvgIpc) is 2.30. The van der Waals surface area contributed by atoms with Gasteiger partial charge in [0.1, 0.15) is 0 Å². The monoisotopic (exact) mass is 195 g/mol. The number of hydrogen-bond donors (Lipinski definition) is 1. The van der Waals surface area contributed by atoms with Gasteiger partial charge in [0.2, 0.25) is 0 Å². The number of pyridine rings is 1. The molecule has 0 aliphatic rings. The number of anilines is 1. The Kier molecular flexibility index (Phi) is 2.34. The maximum absolute atomic E-state index is 8.66. The van der Waals surface area contributed by atoms with Gasteiger partial charge in [0, 0.05) is 11.8 Å². The quantitative estimate of drug-likeness (QED) is 0.758. The van der Waals surface area contributed by atoms with E-state index in [1.807, 2.05) is 12.1 Å². The molecule has 3 nitrogen and oxygen atoms in total. The molecule has 0 aliphatic heterocycles. The van der Waals surface area contributed by atoms with E-state index in [1.165, 1.54) is 0 Å². The first kappa shape index (κ1) is 9.22. The normalized spacial score (nSPS) is 9.53. The second-order valence-electron chi connectivity index (χ2n) is 3.13. The van der Waals surface area contributed by atoms with E-state index in [0.717, 1.165) is 11.3 Å². The van der Waals surface area contributed by atoms with E-state index in [9.17, 15) is 0 Å². The average molecular weight is 195 g/mol. The summed E-state index contributed by atoms with van der Waals surface area (Å²) in [5.41, 5.74) is 8.74. The zero-order valence-electron chi connectivity index (χ0n) is 8.01. The summed E-state index contributed by atoms with van der Waals surface area (Å²) >= 11 is 0. The van der Waals surface area contributed by atoms with Crippen LogP contribution in [0.4, 0.5) is 5.69 Å². The summed E-state index contributed by atoms with van der Waals surface area (Å²) in [5.74, 6) is 0. The van der Waals surface area contributed by atoms with Gasteiger partial charge in [0.25, 0.3) is 0 Å². The minimum Gasteiger partial charge on any atom is -0.397 e. The van der Waals surface area contributed by atoms with E-state index in [-0.39, 0.29) is 0 Å². The van der Waals surface area contributed by atoms with Gasteiger partial charge in [-0.15, -0.1) is 0 Å². The van der Waals surface area contributed by atoms with E-state index in [1.54, 1.807) is 30.5 Å². The van der Waals surface area contributed by atoms with Crippen molar-refractivity contribution in [2.75, 3.05) is 5.73 Å². The van der Waals surface area contributed by atoms with Crippen LogP contribution in [0.1, 0.15) is 5.56 Å². The third-order valence-corrected chi connectivity index (χ3v) is 2.13. The van der Waals surface area contributed by atoms with Gasteiger partial charge in [0.15, 0.2) is 0 Å². The van der Waals surface area contributed by atoms with E-state index in [2.05, 4.69) is 11.1 Å². The smallest absolute Gasteiger partial charge is 0.0991 e. The molecule has 15 heavy (non-hydrogen) atoms. The van der Waals surface area contributed by atoms with Crippen molar-refractivity contribution in [3.05, 3.63) is 48.2 Å². The predicted molar refractivity (Wildman–Crippen MR) is 58.8 cm³/mol. The zero-order valence-corrected chi connectivity index (χ0v) is 8.01. The standard InChI is InChI=1S/C12H9N3/c13-8-9-3-5-10(6-4-9)12-11(14)2-1-7-15-12/h1-7H,14H2. The number of nitrogens with zero attached hydrogens (tertiary/aromatic N) is 2. The molecule has 1 aromatic heterocycles. The van der Waals surface area contributed by atoms with Crippen LogP contribution in [0.25, 0.3) is 11.3 Å². The van der Waals surface area contributed by atoms with Gasteiger partial charge in [-0.3, -0.25) is 4.98 Å².